The van der Waals surface area contributed by atoms with E-state index in [1.165, 1.54) is 0 Å². The molecule has 1 rings (SSSR count). The number of benzene rings is 1. The van der Waals surface area contributed by atoms with Gasteiger partial charge in [-0.3, -0.25) is 10.2 Å². The molecule has 0 aliphatic heterocycles. The zero-order valence-corrected chi connectivity index (χ0v) is 10.9. The number of halogens is 1. The van der Waals surface area contributed by atoms with E-state index in [1.807, 2.05) is 18.7 Å². The molecule has 0 atom stereocenters. The molecule has 0 fully saturated rings. The highest BCUT2D eigenvalue weighted by Gasteiger charge is 2.15. The number of hydrazine groups is 1. The van der Waals surface area contributed by atoms with E-state index in [-0.39, 0.29) is 17.2 Å². The van der Waals surface area contributed by atoms with Crippen LogP contribution >= 0.6 is 0 Å². The zero-order chi connectivity index (χ0) is 13.8. The number of hydrogen-bond donors (Lipinski definition) is 2. The molecular formula is C11H15FN2O3S. The van der Waals surface area contributed by atoms with Crippen LogP contribution in [0, 0.1) is 11.7 Å². The molecule has 1 aromatic rings. The van der Waals surface area contributed by atoms with Gasteiger partial charge in [-0.1, -0.05) is 13.8 Å². The van der Waals surface area contributed by atoms with Crippen LogP contribution in [0.1, 0.15) is 20.3 Å². The van der Waals surface area contributed by atoms with Crippen LogP contribution in [0.3, 0.4) is 0 Å². The van der Waals surface area contributed by atoms with Crippen molar-refractivity contribution in [2.75, 3.05) is 0 Å². The highest BCUT2D eigenvalue weighted by atomic mass is 32.2. The normalized spacial score (nSPS) is 11.6. The first-order valence-corrected chi connectivity index (χ1v) is 6.86. The molecule has 1 amide bonds. The summed E-state index contributed by atoms with van der Waals surface area (Å²) in [6.07, 6.45) is 0.214. The maximum absolute atomic E-state index is 12.6. The average molecular weight is 274 g/mol. The van der Waals surface area contributed by atoms with Gasteiger partial charge in [0.2, 0.25) is 5.91 Å². The summed E-state index contributed by atoms with van der Waals surface area (Å²) in [6.45, 7) is 3.68. The summed E-state index contributed by atoms with van der Waals surface area (Å²) in [7, 11) is -3.86. The molecule has 0 saturated heterocycles. The first kappa shape index (κ1) is 14.6. The number of rotatable bonds is 5. The molecule has 5 nitrogen and oxygen atoms in total. The zero-order valence-electron chi connectivity index (χ0n) is 10.1. The molecule has 18 heavy (non-hydrogen) atoms. The Morgan fingerprint density at radius 1 is 1.28 bits per heavy atom. The molecule has 1 aromatic carbocycles. The fourth-order valence-electron chi connectivity index (χ4n) is 1.22. The molecule has 0 unspecified atom stereocenters. The monoisotopic (exact) mass is 274 g/mol. The molecule has 2 N–H and O–H groups in total. The third kappa shape index (κ3) is 4.42. The van der Waals surface area contributed by atoms with Crippen molar-refractivity contribution in [2.24, 2.45) is 5.92 Å². The topological polar surface area (TPSA) is 75.3 Å². The van der Waals surface area contributed by atoms with Crippen LogP contribution in [0.15, 0.2) is 29.2 Å². The predicted octanol–water partition coefficient (Wildman–Crippen LogP) is 1.18. The Kier molecular flexibility index (Phi) is 4.80. The second-order valence-corrected chi connectivity index (χ2v) is 5.89. The molecule has 7 heteroatoms. The number of carbonyl (C=O) groups is 1. The predicted molar refractivity (Wildman–Crippen MR) is 64.3 cm³/mol. The van der Waals surface area contributed by atoms with Gasteiger partial charge in [0, 0.05) is 6.42 Å². The van der Waals surface area contributed by atoms with Crippen molar-refractivity contribution in [1.82, 2.24) is 10.3 Å². The molecular weight excluding hydrogens is 259 g/mol. The standard InChI is InChI=1S/C11H15FN2O3S/c1-8(2)7-11(15)13-14-18(16,17)10-5-3-9(12)4-6-10/h3-6,8,14H,7H2,1-2H3,(H,13,15). The Labute approximate surface area is 105 Å². The lowest BCUT2D eigenvalue weighted by Crippen LogP contribution is -2.41. The molecule has 0 bridgehead atoms. The quantitative estimate of drug-likeness (QED) is 0.792. The van der Waals surface area contributed by atoms with Crippen molar-refractivity contribution in [1.29, 1.82) is 0 Å². The van der Waals surface area contributed by atoms with Crippen molar-refractivity contribution in [3.63, 3.8) is 0 Å². The van der Waals surface area contributed by atoms with Crippen molar-refractivity contribution < 1.29 is 17.6 Å². The highest BCUT2D eigenvalue weighted by molar-refractivity contribution is 7.89. The van der Waals surface area contributed by atoms with Crippen molar-refractivity contribution in [3.05, 3.63) is 30.1 Å². The van der Waals surface area contributed by atoms with Gasteiger partial charge >= 0.3 is 0 Å². The molecule has 0 aromatic heterocycles. The van der Waals surface area contributed by atoms with Crippen LogP contribution in [-0.2, 0) is 14.8 Å². The lowest BCUT2D eigenvalue weighted by atomic mass is 10.1. The Hall–Kier alpha value is -1.47. The lowest BCUT2D eigenvalue weighted by molar-refractivity contribution is -0.122. The summed E-state index contributed by atoms with van der Waals surface area (Å²) < 4.78 is 36.0. The fraction of sp³-hybridized carbons (Fsp3) is 0.364. The Morgan fingerprint density at radius 2 is 1.83 bits per heavy atom. The van der Waals surface area contributed by atoms with Gasteiger partial charge in [0.25, 0.3) is 10.0 Å². The fourth-order valence-corrected chi connectivity index (χ4v) is 2.08. The Morgan fingerprint density at radius 3 is 2.33 bits per heavy atom. The van der Waals surface area contributed by atoms with E-state index < -0.39 is 21.7 Å². The van der Waals surface area contributed by atoms with Crippen LogP contribution in [0.5, 0.6) is 0 Å². The molecule has 0 aliphatic rings. The number of hydrogen-bond acceptors (Lipinski definition) is 3. The molecule has 0 heterocycles. The number of carbonyl (C=O) groups excluding carboxylic acids is 1. The smallest absolute Gasteiger partial charge is 0.257 e. The van der Waals surface area contributed by atoms with Gasteiger partial charge in [-0.15, -0.1) is 4.83 Å². The van der Waals surface area contributed by atoms with Crippen LogP contribution < -0.4 is 10.3 Å². The number of sulfonamides is 1. The third-order valence-electron chi connectivity index (χ3n) is 2.04. The second kappa shape index (κ2) is 5.92. The van der Waals surface area contributed by atoms with E-state index in [1.54, 1.807) is 0 Å². The minimum Gasteiger partial charge on any atom is -0.278 e. The maximum atomic E-state index is 12.6. The molecule has 100 valence electrons. The van der Waals surface area contributed by atoms with E-state index in [4.69, 9.17) is 0 Å². The Bertz CT molecular complexity index is 512. The van der Waals surface area contributed by atoms with Crippen molar-refractivity contribution in [3.8, 4) is 0 Å². The van der Waals surface area contributed by atoms with Crippen LogP contribution in [0.4, 0.5) is 4.39 Å². The number of amides is 1. The molecule has 0 spiro atoms. The van der Waals surface area contributed by atoms with E-state index in [9.17, 15) is 17.6 Å². The molecule has 0 aliphatic carbocycles. The first-order chi connectivity index (χ1) is 8.31. The average Bonchev–Trinajstić information content (AvgIpc) is 2.26. The lowest BCUT2D eigenvalue weighted by Gasteiger charge is -2.09. The van der Waals surface area contributed by atoms with E-state index in [0.717, 1.165) is 24.3 Å². The summed E-state index contributed by atoms with van der Waals surface area (Å²) in [5.41, 5.74) is 2.10. The van der Waals surface area contributed by atoms with E-state index >= 15 is 0 Å². The van der Waals surface area contributed by atoms with Gasteiger partial charge < -0.3 is 0 Å². The van der Waals surface area contributed by atoms with Crippen LogP contribution in [0.25, 0.3) is 0 Å². The molecule has 0 saturated carbocycles. The van der Waals surface area contributed by atoms with Gasteiger partial charge in [-0.05, 0) is 30.2 Å². The van der Waals surface area contributed by atoms with Gasteiger partial charge in [-0.25, -0.2) is 12.8 Å². The molecule has 0 radical (unpaired) electrons. The van der Waals surface area contributed by atoms with Crippen molar-refractivity contribution >= 4 is 15.9 Å². The summed E-state index contributed by atoms with van der Waals surface area (Å²) in [6, 6.07) is 4.30. The van der Waals surface area contributed by atoms with Crippen LogP contribution in [0.2, 0.25) is 0 Å². The van der Waals surface area contributed by atoms with E-state index in [2.05, 4.69) is 5.43 Å². The third-order valence-corrected chi connectivity index (χ3v) is 3.31. The second-order valence-electron chi connectivity index (χ2n) is 4.21. The highest BCUT2D eigenvalue weighted by Crippen LogP contribution is 2.08. The van der Waals surface area contributed by atoms with Crippen LogP contribution in [-0.4, -0.2) is 14.3 Å². The SMILES string of the molecule is CC(C)CC(=O)NNS(=O)(=O)c1ccc(F)cc1. The van der Waals surface area contributed by atoms with Gasteiger partial charge in [0.05, 0.1) is 4.90 Å². The minimum absolute atomic E-state index is 0.117. The van der Waals surface area contributed by atoms with Gasteiger partial charge in [0.15, 0.2) is 0 Å². The van der Waals surface area contributed by atoms with Gasteiger partial charge in [-0.2, -0.15) is 0 Å². The summed E-state index contributed by atoms with van der Waals surface area (Å²) in [5.74, 6) is -0.825. The summed E-state index contributed by atoms with van der Waals surface area (Å²) >= 11 is 0. The Balaban J connectivity index is 2.66. The number of nitrogens with one attached hydrogen (secondary N) is 2. The summed E-state index contributed by atoms with van der Waals surface area (Å²) in [4.78, 5) is 13.1. The van der Waals surface area contributed by atoms with E-state index in [0.29, 0.717) is 0 Å². The first-order valence-electron chi connectivity index (χ1n) is 5.37. The van der Waals surface area contributed by atoms with Gasteiger partial charge in [0.1, 0.15) is 5.82 Å². The summed E-state index contributed by atoms with van der Waals surface area (Å²) in [5, 5.41) is 0. The van der Waals surface area contributed by atoms with Crippen molar-refractivity contribution in [2.45, 2.75) is 25.2 Å². The maximum Gasteiger partial charge on any atom is 0.257 e. The minimum atomic E-state index is -3.86. The largest absolute Gasteiger partial charge is 0.278 e.